The molecule has 1 fully saturated rings. The molecule has 2 rings (SSSR count). The van der Waals surface area contributed by atoms with Crippen molar-refractivity contribution in [1.82, 2.24) is 0 Å². The third-order valence-corrected chi connectivity index (χ3v) is 5.54. The summed E-state index contributed by atoms with van der Waals surface area (Å²) in [4.78, 5) is 0. The van der Waals surface area contributed by atoms with Gasteiger partial charge in [-0.15, -0.1) is 0 Å². The largest absolute Gasteiger partial charge is 0.0952 e. The molecule has 0 heteroatoms. The maximum atomic E-state index is 4.35. The molecule has 1 saturated carbocycles. The standard InChI is InChI=1S/C22H32/c1-6-12-22(13-7-8-14-22)15-11-18(3)20(5)21-10-9-17(2)16-19(21)4/h9-10,16H,3,5-8,11-15H2,1-2,4H3. The summed E-state index contributed by atoms with van der Waals surface area (Å²) in [6.07, 6.45) is 10.8. The number of allylic oxidation sites excluding steroid dienone is 2. The van der Waals surface area contributed by atoms with Crippen molar-refractivity contribution in [3.05, 3.63) is 53.6 Å². The van der Waals surface area contributed by atoms with Gasteiger partial charge in [0.25, 0.3) is 0 Å². The van der Waals surface area contributed by atoms with Gasteiger partial charge in [-0.1, -0.05) is 63.1 Å². The second-order valence-corrected chi connectivity index (χ2v) is 7.36. The fourth-order valence-electron chi connectivity index (χ4n) is 4.19. The molecule has 1 aliphatic carbocycles. The van der Waals surface area contributed by atoms with Crippen molar-refractivity contribution < 1.29 is 0 Å². The van der Waals surface area contributed by atoms with E-state index in [-0.39, 0.29) is 0 Å². The Kier molecular flexibility index (Phi) is 5.67. The van der Waals surface area contributed by atoms with Gasteiger partial charge in [-0.25, -0.2) is 0 Å². The topological polar surface area (TPSA) is 0 Å². The minimum atomic E-state index is 0.598. The molecular formula is C22H32. The molecule has 0 aromatic heterocycles. The molecule has 0 heterocycles. The first-order valence-corrected chi connectivity index (χ1v) is 8.92. The van der Waals surface area contributed by atoms with E-state index in [0.717, 1.165) is 12.0 Å². The van der Waals surface area contributed by atoms with Crippen LogP contribution in [-0.4, -0.2) is 0 Å². The van der Waals surface area contributed by atoms with Crippen LogP contribution in [0.2, 0.25) is 0 Å². The molecular weight excluding hydrogens is 264 g/mol. The van der Waals surface area contributed by atoms with E-state index >= 15 is 0 Å². The van der Waals surface area contributed by atoms with Crippen LogP contribution >= 0.6 is 0 Å². The van der Waals surface area contributed by atoms with Gasteiger partial charge < -0.3 is 0 Å². The van der Waals surface area contributed by atoms with Crippen LogP contribution in [0.25, 0.3) is 5.57 Å². The quantitative estimate of drug-likeness (QED) is 0.474. The normalized spacial score (nSPS) is 16.7. The summed E-state index contributed by atoms with van der Waals surface area (Å²) in [5.41, 5.74) is 6.87. The summed E-state index contributed by atoms with van der Waals surface area (Å²) in [5.74, 6) is 0. The minimum absolute atomic E-state index is 0.598. The maximum absolute atomic E-state index is 4.35. The van der Waals surface area contributed by atoms with Crippen LogP contribution in [0.4, 0.5) is 0 Å². The Balaban J connectivity index is 2.00. The zero-order valence-electron chi connectivity index (χ0n) is 14.8. The molecule has 0 aliphatic heterocycles. The number of hydrogen-bond donors (Lipinski definition) is 0. The lowest BCUT2D eigenvalue weighted by atomic mass is 9.76. The average molecular weight is 296 g/mol. The van der Waals surface area contributed by atoms with E-state index in [2.05, 4.69) is 52.1 Å². The number of aryl methyl sites for hydroxylation is 2. The van der Waals surface area contributed by atoms with Gasteiger partial charge in [-0.05, 0) is 73.6 Å². The predicted octanol–water partition coefficient (Wildman–Crippen LogP) is 7.01. The van der Waals surface area contributed by atoms with Crippen LogP contribution in [0.3, 0.4) is 0 Å². The highest BCUT2D eigenvalue weighted by molar-refractivity contribution is 5.78. The van der Waals surface area contributed by atoms with Gasteiger partial charge in [0.2, 0.25) is 0 Å². The molecule has 0 radical (unpaired) electrons. The second-order valence-electron chi connectivity index (χ2n) is 7.36. The molecule has 0 N–H and O–H groups in total. The van der Waals surface area contributed by atoms with Crippen molar-refractivity contribution in [1.29, 1.82) is 0 Å². The molecule has 0 amide bonds. The maximum Gasteiger partial charge on any atom is -0.0158 e. The lowest BCUT2D eigenvalue weighted by molar-refractivity contribution is 0.246. The Labute approximate surface area is 137 Å². The highest BCUT2D eigenvalue weighted by Gasteiger charge is 2.32. The Morgan fingerprint density at radius 2 is 1.77 bits per heavy atom. The number of hydrogen-bond acceptors (Lipinski definition) is 0. The van der Waals surface area contributed by atoms with Crippen LogP contribution in [0, 0.1) is 19.3 Å². The van der Waals surface area contributed by atoms with Crippen molar-refractivity contribution >= 4 is 5.57 Å². The van der Waals surface area contributed by atoms with E-state index < -0.39 is 0 Å². The molecule has 120 valence electrons. The Hall–Kier alpha value is -1.30. The van der Waals surface area contributed by atoms with Crippen LogP contribution in [-0.2, 0) is 0 Å². The number of benzene rings is 1. The summed E-state index contributed by atoms with van der Waals surface area (Å²) in [6, 6.07) is 6.62. The van der Waals surface area contributed by atoms with Gasteiger partial charge in [0.05, 0.1) is 0 Å². The highest BCUT2D eigenvalue weighted by atomic mass is 14.4. The molecule has 22 heavy (non-hydrogen) atoms. The van der Waals surface area contributed by atoms with E-state index in [1.165, 1.54) is 67.2 Å². The molecule has 0 bridgehead atoms. The Bertz CT molecular complexity index is 541. The molecule has 1 aromatic rings. The van der Waals surface area contributed by atoms with Gasteiger partial charge in [-0.3, -0.25) is 0 Å². The van der Waals surface area contributed by atoms with Crippen molar-refractivity contribution in [3.8, 4) is 0 Å². The van der Waals surface area contributed by atoms with Crippen molar-refractivity contribution in [3.63, 3.8) is 0 Å². The van der Waals surface area contributed by atoms with Gasteiger partial charge in [0, 0.05) is 0 Å². The third-order valence-electron chi connectivity index (χ3n) is 5.54. The zero-order chi connectivity index (χ0) is 16.2. The summed E-state index contributed by atoms with van der Waals surface area (Å²) in [5, 5.41) is 0. The van der Waals surface area contributed by atoms with Crippen molar-refractivity contribution in [2.24, 2.45) is 5.41 Å². The molecule has 0 saturated heterocycles. The second kappa shape index (κ2) is 7.31. The third kappa shape index (κ3) is 3.91. The average Bonchev–Trinajstić information content (AvgIpc) is 2.93. The van der Waals surface area contributed by atoms with Crippen LogP contribution in [0.5, 0.6) is 0 Å². The Morgan fingerprint density at radius 1 is 1.09 bits per heavy atom. The molecule has 0 atom stereocenters. The van der Waals surface area contributed by atoms with E-state index in [4.69, 9.17) is 0 Å². The van der Waals surface area contributed by atoms with Crippen molar-refractivity contribution in [2.75, 3.05) is 0 Å². The van der Waals surface area contributed by atoms with E-state index in [1.807, 2.05) is 0 Å². The molecule has 1 aromatic carbocycles. The molecule has 0 unspecified atom stereocenters. The van der Waals surface area contributed by atoms with Gasteiger partial charge in [-0.2, -0.15) is 0 Å². The Morgan fingerprint density at radius 3 is 2.36 bits per heavy atom. The van der Waals surface area contributed by atoms with Crippen molar-refractivity contribution in [2.45, 2.75) is 72.1 Å². The lowest BCUT2D eigenvalue weighted by Gasteiger charge is -2.29. The summed E-state index contributed by atoms with van der Waals surface area (Å²) >= 11 is 0. The summed E-state index contributed by atoms with van der Waals surface area (Å²) in [6.45, 7) is 15.3. The molecule has 0 spiro atoms. The highest BCUT2D eigenvalue weighted by Crippen LogP contribution is 2.46. The lowest BCUT2D eigenvalue weighted by Crippen LogP contribution is -2.16. The minimum Gasteiger partial charge on any atom is -0.0952 e. The summed E-state index contributed by atoms with van der Waals surface area (Å²) in [7, 11) is 0. The smallest absolute Gasteiger partial charge is 0.0158 e. The van der Waals surface area contributed by atoms with Gasteiger partial charge in [0.1, 0.15) is 0 Å². The summed E-state index contributed by atoms with van der Waals surface area (Å²) < 4.78 is 0. The number of rotatable bonds is 7. The van der Waals surface area contributed by atoms with Gasteiger partial charge >= 0.3 is 0 Å². The fourth-order valence-corrected chi connectivity index (χ4v) is 4.19. The fraction of sp³-hybridized carbons (Fsp3) is 0.545. The first-order chi connectivity index (χ1) is 10.5. The first-order valence-electron chi connectivity index (χ1n) is 8.92. The van der Waals surface area contributed by atoms with E-state index in [9.17, 15) is 0 Å². The van der Waals surface area contributed by atoms with E-state index in [1.54, 1.807) is 0 Å². The van der Waals surface area contributed by atoms with E-state index in [0.29, 0.717) is 5.41 Å². The van der Waals surface area contributed by atoms with Crippen LogP contribution in [0.15, 0.2) is 36.9 Å². The molecule has 1 aliphatic rings. The predicted molar refractivity (Wildman–Crippen MR) is 99.1 cm³/mol. The zero-order valence-corrected chi connectivity index (χ0v) is 14.8. The SMILES string of the molecule is C=C(CCC1(CCC)CCCC1)C(=C)c1ccc(C)cc1C. The molecule has 0 nitrogen and oxygen atoms in total. The first kappa shape index (κ1) is 17.1. The van der Waals surface area contributed by atoms with Gasteiger partial charge in [0.15, 0.2) is 0 Å². The monoisotopic (exact) mass is 296 g/mol. The van der Waals surface area contributed by atoms with Crippen LogP contribution in [0.1, 0.15) is 75.0 Å². The van der Waals surface area contributed by atoms with Crippen LogP contribution < -0.4 is 0 Å².